The zero-order chi connectivity index (χ0) is 13.3. The monoisotopic (exact) mass is 264 g/mol. The van der Waals surface area contributed by atoms with E-state index in [9.17, 15) is 4.79 Å². The number of nitrogens with zero attached hydrogens (tertiary/aromatic N) is 2. The minimum absolute atomic E-state index is 0.129. The van der Waals surface area contributed by atoms with E-state index in [1.807, 2.05) is 30.0 Å². The van der Waals surface area contributed by atoms with Gasteiger partial charge in [-0.25, -0.2) is 0 Å². The van der Waals surface area contributed by atoms with Crippen LogP contribution in [0.1, 0.15) is 22.8 Å². The lowest BCUT2D eigenvalue weighted by Crippen LogP contribution is -2.52. The first-order chi connectivity index (χ1) is 8.49. The first kappa shape index (κ1) is 13.4. The van der Waals surface area contributed by atoms with Gasteiger partial charge in [0.2, 0.25) is 0 Å². The molecule has 1 saturated heterocycles. The number of thiol groups is 1. The lowest BCUT2D eigenvalue weighted by atomic mass is 10.1. The number of carbonyl (C=O) groups is 1. The first-order valence-corrected chi connectivity index (χ1v) is 6.73. The third kappa shape index (κ3) is 2.70. The molecule has 0 aromatic heterocycles. The number of carbonyl (C=O) groups excluding carboxylic acids is 1. The van der Waals surface area contributed by atoms with E-state index in [0.29, 0.717) is 0 Å². The molecule has 0 bridgehead atoms. The van der Waals surface area contributed by atoms with Gasteiger partial charge in [0.15, 0.2) is 0 Å². The van der Waals surface area contributed by atoms with E-state index in [2.05, 4.69) is 31.5 Å². The number of rotatable bonds is 1. The van der Waals surface area contributed by atoms with Gasteiger partial charge in [0.25, 0.3) is 5.91 Å². The molecule has 0 spiro atoms. The average molecular weight is 264 g/mol. The highest BCUT2D eigenvalue weighted by Gasteiger charge is 2.27. The molecule has 1 aromatic rings. The van der Waals surface area contributed by atoms with Crippen molar-refractivity contribution in [3.63, 3.8) is 0 Å². The van der Waals surface area contributed by atoms with Crippen LogP contribution in [-0.4, -0.2) is 48.4 Å². The molecule has 1 unspecified atom stereocenters. The molecule has 1 aromatic carbocycles. The van der Waals surface area contributed by atoms with Crippen molar-refractivity contribution in [3.8, 4) is 0 Å². The lowest BCUT2D eigenvalue weighted by Gasteiger charge is -2.38. The zero-order valence-corrected chi connectivity index (χ0v) is 12.1. The molecule has 2 rings (SSSR count). The van der Waals surface area contributed by atoms with Crippen molar-refractivity contribution >= 4 is 18.5 Å². The average Bonchev–Trinajstić information content (AvgIpc) is 2.31. The van der Waals surface area contributed by atoms with E-state index in [4.69, 9.17) is 0 Å². The largest absolute Gasteiger partial charge is 0.333 e. The van der Waals surface area contributed by atoms with Crippen LogP contribution in [0.2, 0.25) is 0 Å². The third-order valence-electron chi connectivity index (χ3n) is 3.54. The highest BCUT2D eigenvalue weighted by Crippen LogP contribution is 2.19. The van der Waals surface area contributed by atoms with E-state index < -0.39 is 0 Å². The number of benzene rings is 1. The standard InChI is InChI=1S/C14H20N2OS/c1-10-4-5-12(18)8-13(10)14(17)16-7-6-15(3)9-11(16)2/h4-5,8,11,18H,6-7,9H2,1-3H3. The fourth-order valence-electron chi connectivity index (χ4n) is 2.44. The quantitative estimate of drug-likeness (QED) is 0.785. The fraction of sp³-hybridized carbons (Fsp3) is 0.500. The van der Waals surface area contributed by atoms with E-state index in [0.717, 1.165) is 35.7 Å². The molecule has 1 amide bonds. The van der Waals surface area contributed by atoms with Crippen molar-refractivity contribution in [3.05, 3.63) is 29.3 Å². The summed E-state index contributed by atoms with van der Waals surface area (Å²) in [5.41, 5.74) is 1.79. The second-order valence-corrected chi connectivity index (χ2v) is 5.63. The van der Waals surface area contributed by atoms with Crippen LogP contribution in [0.5, 0.6) is 0 Å². The highest BCUT2D eigenvalue weighted by molar-refractivity contribution is 7.80. The molecule has 1 aliphatic rings. The Balaban J connectivity index is 2.23. The van der Waals surface area contributed by atoms with E-state index in [-0.39, 0.29) is 11.9 Å². The maximum Gasteiger partial charge on any atom is 0.254 e. The van der Waals surface area contributed by atoms with Crippen molar-refractivity contribution in [1.29, 1.82) is 0 Å². The van der Waals surface area contributed by atoms with Gasteiger partial charge < -0.3 is 9.80 Å². The van der Waals surface area contributed by atoms with Crippen LogP contribution >= 0.6 is 12.6 Å². The number of hydrogen-bond donors (Lipinski definition) is 1. The Morgan fingerprint density at radius 1 is 1.39 bits per heavy atom. The molecule has 0 radical (unpaired) electrons. The van der Waals surface area contributed by atoms with Gasteiger partial charge >= 0.3 is 0 Å². The zero-order valence-electron chi connectivity index (χ0n) is 11.2. The van der Waals surface area contributed by atoms with Crippen LogP contribution in [0.15, 0.2) is 23.1 Å². The van der Waals surface area contributed by atoms with Crippen molar-refractivity contribution in [2.24, 2.45) is 0 Å². The predicted molar refractivity (Wildman–Crippen MR) is 76.4 cm³/mol. The van der Waals surface area contributed by atoms with Crippen LogP contribution in [0.3, 0.4) is 0 Å². The minimum atomic E-state index is 0.129. The van der Waals surface area contributed by atoms with E-state index in [1.165, 1.54) is 0 Å². The van der Waals surface area contributed by atoms with Gasteiger partial charge in [0.05, 0.1) is 0 Å². The Labute approximate surface area is 114 Å². The molecule has 3 nitrogen and oxygen atoms in total. The Morgan fingerprint density at radius 3 is 2.78 bits per heavy atom. The van der Waals surface area contributed by atoms with Crippen LogP contribution in [0, 0.1) is 6.92 Å². The fourth-order valence-corrected chi connectivity index (χ4v) is 2.64. The van der Waals surface area contributed by atoms with Crippen molar-refractivity contribution < 1.29 is 4.79 Å². The summed E-state index contributed by atoms with van der Waals surface area (Å²) in [7, 11) is 2.10. The van der Waals surface area contributed by atoms with Crippen LogP contribution < -0.4 is 0 Å². The van der Waals surface area contributed by atoms with Crippen molar-refractivity contribution in [2.45, 2.75) is 24.8 Å². The van der Waals surface area contributed by atoms with Crippen LogP contribution in [-0.2, 0) is 0 Å². The summed E-state index contributed by atoms with van der Waals surface area (Å²) in [6, 6.07) is 6.00. The third-order valence-corrected chi connectivity index (χ3v) is 3.82. The minimum Gasteiger partial charge on any atom is -0.333 e. The maximum absolute atomic E-state index is 12.6. The van der Waals surface area contributed by atoms with E-state index >= 15 is 0 Å². The Morgan fingerprint density at radius 2 is 2.11 bits per heavy atom. The number of aryl methyl sites for hydroxylation is 1. The Kier molecular flexibility index (Phi) is 3.97. The number of amides is 1. The summed E-state index contributed by atoms with van der Waals surface area (Å²) in [6.07, 6.45) is 0. The van der Waals surface area contributed by atoms with Gasteiger partial charge in [0.1, 0.15) is 0 Å². The molecule has 0 N–H and O–H groups in total. The summed E-state index contributed by atoms with van der Waals surface area (Å²) < 4.78 is 0. The first-order valence-electron chi connectivity index (χ1n) is 6.28. The van der Waals surface area contributed by atoms with Crippen molar-refractivity contribution in [1.82, 2.24) is 9.80 Å². The maximum atomic E-state index is 12.6. The second kappa shape index (κ2) is 5.33. The van der Waals surface area contributed by atoms with Gasteiger partial charge in [-0.3, -0.25) is 4.79 Å². The van der Waals surface area contributed by atoms with Gasteiger partial charge in [0, 0.05) is 36.1 Å². The molecular formula is C14H20N2OS. The molecule has 98 valence electrons. The number of likely N-dealkylation sites (N-methyl/N-ethyl adjacent to an activating group) is 1. The molecule has 18 heavy (non-hydrogen) atoms. The van der Waals surface area contributed by atoms with Gasteiger partial charge in [-0.2, -0.15) is 0 Å². The summed E-state index contributed by atoms with van der Waals surface area (Å²) in [4.78, 5) is 17.6. The number of piperazine rings is 1. The molecule has 1 fully saturated rings. The van der Waals surface area contributed by atoms with Crippen molar-refractivity contribution in [2.75, 3.05) is 26.7 Å². The van der Waals surface area contributed by atoms with Gasteiger partial charge in [-0.1, -0.05) is 6.07 Å². The van der Waals surface area contributed by atoms with E-state index in [1.54, 1.807) is 0 Å². The summed E-state index contributed by atoms with van der Waals surface area (Å²) in [6.45, 7) is 6.75. The summed E-state index contributed by atoms with van der Waals surface area (Å²) >= 11 is 4.32. The lowest BCUT2D eigenvalue weighted by molar-refractivity contribution is 0.0532. The van der Waals surface area contributed by atoms with Crippen LogP contribution in [0.4, 0.5) is 0 Å². The smallest absolute Gasteiger partial charge is 0.254 e. The normalized spacial score (nSPS) is 21.1. The second-order valence-electron chi connectivity index (χ2n) is 5.11. The molecule has 0 saturated carbocycles. The molecular weight excluding hydrogens is 244 g/mol. The SMILES string of the molecule is Cc1ccc(S)cc1C(=O)N1CCN(C)CC1C. The highest BCUT2D eigenvalue weighted by atomic mass is 32.1. The summed E-state index contributed by atoms with van der Waals surface area (Å²) in [5.74, 6) is 0.129. The molecule has 0 aliphatic carbocycles. The van der Waals surface area contributed by atoms with Gasteiger partial charge in [-0.15, -0.1) is 12.6 Å². The molecule has 1 atom stereocenters. The van der Waals surface area contributed by atoms with Gasteiger partial charge in [-0.05, 0) is 38.6 Å². The molecule has 4 heteroatoms. The van der Waals surface area contributed by atoms with Crippen LogP contribution in [0.25, 0.3) is 0 Å². The molecule has 1 heterocycles. The summed E-state index contributed by atoms with van der Waals surface area (Å²) in [5, 5.41) is 0. The molecule has 1 aliphatic heterocycles. The Bertz CT molecular complexity index is 461. The number of hydrogen-bond acceptors (Lipinski definition) is 3. The topological polar surface area (TPSA) is 23.6 Å². The Hall–Kier alpha value is -1.00. The predicted octanol–water partition coefficient (Wildman–Crippen LogP) is 2.06.